The molecule has 0 radical (unpaired) electrons. The Kier molecular flexibility index (Phi) is 3.43. The molecule has 110 valence electrons. The van der Waals surface area contributed by atoms with Crippen molar-refractivity contribution < 1.29 is 8.42 Å². The van der Waals surface area contributed by atoms with Gasteiger partial charge in [0.25, 0.3) is 0 Å². The average Bonchev–Trinajstić information content (AvgIpc) is 2.49. The number of benzene rings is 1. The second-order valence-electron chi connectivity index (χ2n) is 5.00. The lowest BCUT2D eigenvalue weighted by Crippen LogP contribution is -2.44. The Morgan fingerprint density at radius 2 is 1.90 bits per heavy atom. The number of anilines is 2. The lowest BCUT2D eigenvalue weighted by molar-refractivity contribution is 0.422. The van der Waals surface area contributed by atoms with Crippen molar-refractivity contribution in [2.24, 2.45) is 0 Å². The first-order valence-corrected chi connectivity index (χ1v) is 8.27. The van der Waals surface area contributed by atoms with Crippen LogP contribution < -0.4 is 4.90 Å². The van der Waals surface area contributed by atoms with Crippen molar-refractivity contribution in [3.8, 4) is 0 Å². The minimum atomic E-state index is -3.45. The van der Waals surface area contributed by atoms with Gasteiger partial charge >= 0.3 is 0 Å². The maximum atomic E-state index is 12.5. The van der Waals surface area contributed by atoms with Crippen molar-refractivity contribution >= 4 is 21.5 Å². The molecule has 0 bridgehead atoms. The second kappa shape index (κ2) is 5.13. The molecule has 1 aromatic heterocycles. The molecule has 0 amide bonds. The molecule has 0 fully saturated rings. The fourth-order valence-electron chi connectivity index (χ4n) is 2.42. The Balaban J connectivity index is 2.16. The lowest BCUT2D eigenvalue weighted by atomic mass is 10.2. The topological polar surface area (TPSA) is 53.5 Å². The van der Waals surface area contributed by atoms with E-state index < -0.39 is 10.0 Å². The number of nitrogens with zero attached hydrogens (tertiary/aromatic N) is 3. The van der Waals surface area contributed by atoms with E-state index in [1.807, 2.05) is 43.0 Å². The number of sulfonamides is 1. The standard InChI is InChI=1S/C15H17N3O2S/c1-3-17-11-18(13-8-6-12(2)7-9-13)15-14(21(17,19)20)5-4-10-16-15/h4-10H,3,11H2,1-2H3. The summed E-state index contributed by atoms with van der Waals surface area (Å²) in [6.45, 7) is 4.58. The van der Waals surface area contributed by atoms with Gasteiger partial charge in [-0.15, -0.1) is 0 Å². The van der Waals surface area contributed by atoms with E-state index in [0.717, 1.165) is 11.3 Å². The van der Waals surface area contributed by atoms with Gasteiger partial charge in [-0.3, -0.25) is 0 Å². The van der Waals surface area contributed by atoms with E-state index in [0.29, 0.717) is 12.4 Å². The van der Waals surface area contributed by atoms with E-state index in [1.165, 1.54) is 4.31 Å². The number of hydrogen-bond donors (Lipinski definition) is 0. The van der Waals surface area contributed by atoms with Gasteiger partial charge in [0.2, 0.25) is 10.0 Å². The number of hydrogen-bond acceptors (Lipinski definition) is 4. The molecule has 0 N–H and O–H groups in total. The number of rotatable bonds is 2. The first-order chi connectivity index (χ1) is 10.0. The smallest absolute Gasteiger partial charge is 0.248 e. The van der Waals surface area contributed by atoms with Crippen molar-refractivity contribution in [2.45, 2.75) is 18.7 Å². The van der Waals surface area contributed by atoms with Gasteiger partial charge < -0.3 is 4.90 Å². The van der Waals surface area contributed by atoms with E-state index in [4.69, 9.17) is 0 Å². The Bertz CT molecular complexity index is 757. The van der Waals surface area contributed by atoms with Gasteiger partial charge in [-0.2, -0.15) is 4.31 Å². The highest BCUT2D eigenvalue weighted by Crippen LogP contribution is 2.35. The van der Waals surface area contributed by atoms with E-state index in [9.17, 15) is 8.42 Å². The van der Waals surface area contributed by atoms with Gasteiger partial charge in [0.1, 0.15) is 4.90 Å². The van der Waals surface area contributed by atoms with Crippen LogP contribution in [0.2, 0.25) is 0 Å². The molecule has 21 heavy (non-hydrogen) atoms. The van der Waals surface area contributed by atoms with E-state index >= 15 is 0 Å². The molecule has 0 spiro atoms. The van der Waals surface area contributed by atoms with E-state index in [2.05, 4.69) is 4.98 Å². The SMILES string of the molecule is CCN1CN(c2ccc(C)cc2)c2ncccc2S1(=O)=O. The van der Waals surface area contributed by atoms with Crippen LogP contribution in [0.4, 0.5) is 11.5 Å². The van der Waals surface area contributed by atoms with Gasteiger partial charge in [0.05, 0.1) is 6.67 Å². The minimum Gasteiger partial charge on any atom is -0.311 e. The summed E-state index contributed by atoms with van der Waals surface area (Å²) in [5, 5.41) is 0. The molecular weight excluding hydrogens is 286 g/mol. The summed E-state index contributed by atoms with van der Waals surface area (Å²) >= 11 is 0. The van der Waals surface area contributed by atoms with Gasteiger partial charge in [0, 0.05) is 18.4 Å². The molecule has 0 atom stereocenters. The highest BCUT2D eigenvalue weighted by molar-refractivity contribution is 7.89. The van der Waals surface area contributed by atoms with Crippen LogP contribution >= 0.6 is 0 Å². The summed E-state index contributed by atoms with van der Waals surface area (Å²) in [4.78, 5) is 6.48. The van der Waals surface area contributed by atoms with Crippen LogP contribution in [0.25, 0.3) is 0 Å². The van der Waals surface area contributed by atoms with Crippen molar-refractivity contribution in [3.63, 3.8) is 0 Å². The molecule has 0 saturated heterocycles. The highest BCUT2D eigenvalue weighted by atomic mass is 32.2. The predicted molar refractivity (Wildman–Crippen MR) is 82.0 cm³/mol. The predicted octanol–water partition coefficient (Wildman–Crippen LogP) is 2.51. The van der Waals surface area contributed by atoms with Crippen LogP contribution in [0.5, 0.6) is 0 Å². The first kappa shape index (κ1) is 14.0. The molecule has 6 heteroatoms. The Labute approximate surface area is 124 Å². The van der Waals surface area contributed by atoms with Crippen LogP contribution in [0.3, 0.4) is 0 Å². The fraction of sp³-hybridized carbons (Fsp3) is 0.267. The molecule has 2 aromatic rings. The minimum absolute atomic E-state index is 0.263. The number of fused-ring (bicyclic) bond motifs is 1. The monoisotopic (exact) mass is 303 g/mol. The van der Waals surface area contributed by atoms with Gasteiger partial charge in [-0.1, -0.05) is 24.6 Å². The van der Waals surface area contributed by atoms with Crippen LogP contribution in [-0.4, -0.2) is 30.9 Å². The summed E-state index contributed by atoms with van der Waals surface area (Å²) < 4.78 is 26.5. The number of pyridine rings is 1. The Morgan fingerprint density at radius 1 is 1.19 bits per heavy atom. The van der Waals surface area contributed by atoms with Gasteiger partial charge in [0.15, 0.2) is 5.82 Å². The molecule has 0 unspecified atom stereocenters. The zero-order chi connectivity index (χ0) is 15.0. The molecule has 0 aliphatic carbocycles. The summed E-state index contributed by atoms with van der Waals surface area (Å²) in [5.41, 5.74) is 2.10. The zero-order valence-corrected chi connectivity index (χ0v) is 12.8. The van der Waals surface area contributed by atoms with E-state index in [1.54, 1.807) is 18.3 Å². The lowest BCUT2D eigenvalue weighted by Gasteiger charge is -2.36. The second-order valence-corrected chi connectivity index (χ2v) is 6.91. The molecule has 1 aromatic carbocycles. The Morgan fingerprint density at radius 3 is 2.57 bits per heavy atom. The number of aromatic nitrogens is 1. The first-order valence-electron chi connectivity index (χ1n) is 6.83. The van der Waals surface area contributed by atoms with Crippen LogP contribution in [-0.2, 0) is 10.0 Å². The third kappa shape index (κ3) is 2.30. The maximum absolute atomic E-state index is 12.5. The molecule has 3 rings (SSSR count). The Hall–Kier alpha value is -1.92. The summed E-state index contributed by atoms with van der Waals surface area (Å²) in [7, 11) is -3.45. The molecule has 2 heterocycles. The highest BCUT2D eigenvalue weighted by Gasteiger charge is 2.35. The average molecular weight is 303 g/mol. The quantitative estimate of drug-likeness (QED) is 0.855. The molecule has 1 aliphatic heterocycles. The normalized spacial score (nSPS) is 17.5. The number of aryl methyl sites for hydroxylation is 1. The molecular formula is C15H17N3O2S. The molecule has 0 saturated carbocycles. The van der Waals surface area contributed by atoms with Crippen molar-refractivity contribution in [3.05, 3.63) is 48.2 Å². The maximum Gasteiger partial charge on any atom is 0.248 e. The summed E-state index contributed by atoms with van der Waals surface area (Å²) in [5.74, 6) is 0.492. The van der Waals surface area contributed by atoms with Crippen LogP contribution in [0, 0.1) is 6.92 Å². The van der Waals surface area contributed by atoms with E-state index in [-0.39, 0.29) is 11.6 Å². The largest absolute Gasteiger partial charge is 0.311 e. The molecule has 1 aliphatic rings. The third-order valence-electron chi connectivity index (χ3n) is 3.62. The van der Waals surface area contributed by atoms with Crippen LogP contribution in [0.1, 0.15) is 12.5 Å². The van der Waals surface area contributed by atoms with Crippen molar-refractivity contribution in [1.82, 2.24) is 9.29 Å². The fourth-order valence-corrected chi connectivity index (χ4v) is 3.95. The third-order valence-corrected chi connectivity index (χ3v) is 5.55. The van der Waals surface area contributed by atoms with Gasteiger partial charge in [-0.25, -0.2) is 13.4 Å². The van der Waals surface area contributed by atoms with Crippen molar-refractivity contribution in [2.75, 3.05) is 18.1 Å². The summed E-state index contributed by atoms with van der Waals surface area (Å²) in [6.07, 6.45) is 1.62. The van der Waals surface area contributed by atoms with Crippen LogP contribution in [0.15, 0.2) is 47.5 Å². The molecule has 5 nitrogen and oxygen atoms in total. The van der Waals surface area contributed by atoms with Gasteiger partial charge in [-0.05, 0) is 31.2 Å². The zero-order valence-electron chi connectivity index (χ0n) is 12.0. The summed E-state index contributed by atoms with van der Waals surface area (Å²) in [6, 6.07) is 11.3. The van der Waals surface area contributed by atoms with Crippen molar-refractivity contribution in [1.29, 1.82) is 0 Å².